The van der Waals surface area contributed by atoms with Crippen LogP contribution < -0.4 is 5.32 Å². The monoisotopic (exact) mass is 450 g/mol. The van der Waals surface area contributed by atoms with Crippen molar-refractivity contribution in [2.45, 2.75) is 38.1 Å². The number of alkyl carbamates (subject to hydrolysis) is 1. The molecule has 0 bridgehead atoms. The molecule has 33 heavy (non-hydrogen) atoms. The number of amides is 2. The van der Waals surface area contributed by atoms with Crippen LogP contribution in [-0.2, 0) is 14.3 Å². The summed E-state index contributed by atoms with van der Waals surface area (Å²) in [6.07, 6.45) is 2.22. The van der Waals surface area contributed by atoms with Gasteiger partial charge in [-0.2, -0.15) is 0 Å². The van der Waals surface area contributed by atoms with Crippen LogP contribution in [0.5, 0.6) is 0 Å². The SMILES string of the molecule is C=CCN(CC(=O)O)C(=O)C[C@H](CCC)NC(=O)OCC1c2ccccc2-c2ccccc21. The maximum Gasteiger partial charge on any atom is 0.407 e. The molecule has 0 saturated carbocycles. The molecule has 2 N–H and O–H groups in total. The number of carboxylic acids is 1. The third-order valence-corrected chi connectivity index (χ3v) is 5.75. The number of carboxylic acid groups (broad SMARTS) is 1. The maximum absolute atomic E-state index is 12.6. The van der Waals surface area contributed by atoms with Crippen molar-refractivity contribution in [3.63, 3.8) is 0 Å². The summed E-state index contributed by atoms with van der Waals surface area (Å²) in [5.74, 6) is -1.50. The fourth-order valence-electron chi connectivity index (χ4n) is 4.29. The summed E-state index contributed by atoms with van der Waals surface area (Å²) >= 11 is 0. The summed E-state index contributed by atoms with van der Waals surface area (Å²) < 4.78 is 5.59. The Morgan fingerprint density at radius 2 is 1.73 bits per heavy atom. The van der Waals surface area contributed by atoms with Crippen LogP contribution >= 0.6 is 0 Å². The van der Waals surface area contributed by atoms with Gasteiger partial charge in [0.2, 0.25) is 5.91 Å². The molecule has 2 amide bonds. The van der Waals surface area contributed by atoms with Crippen LogP contribution in [0.3, 0.4) is 0 Å². The van der Waals surface area contributed by atoms with E-state index in [1.165, 1.54) is 11.0 Å². The van der Waals surface area contributed by atoms with Crippen LogP contribution in [-0.4, -0.2) is 53.7 Å². The lowest BCUT2D eigenvalue weighted by Crippen LogP contribution is -2.42. The van der Waals surface area contributed by atoms with Crippen molar-refractivity contribution >= 4 is 18.0 Å². The van der Waals surface area contributed by atoms with Gasteiger partial charge in [0.25, 0.3) is 0 Å². The van der Waals surface area contributed by atoms with E-state index in [9.17, 15) is 14.4 Å². The summed E-state index contributed by atoms with van der Waals surface area (Å²) in [5, 5.41) is 11.8. The average Bonchev–Trinajstić information content (AvgIpc) is 3.11. The highest BCUT2D eigenvalue weighted by Crippen LogP contribution is 2.44. The number of carbonyl (C=O) groups excluding carboxylic acids is 2. The van der Waals surface area contributed by atoms with Crippen molar-refractivity contribution in [1.82, 2.24) is 10.2 Å². The van der Waals surface area contributed by atoms with Gasteiger partial charge in [-0.1, -0.05) is 68.0 Å². The quantitative estimate of drug-likeness (QED) is 0.501. The van der Waals surface area contributed by atoms with Crippen molar-refractivity contribution in [3.05, 3.63) is 72.3 Å². The summed E-state index contributed by atoms with van der Waals surface area (Å²) in [6, 6.07) is 15.8. The Hall–Kier alpha value is -3.61. The predicted octanol–water partition coefficient (Wildman–Crippen LogP) is 4.18. The molecule has 7 heteroatoms. The summed E-state index contributed by atoms with van der Waals surface area (Å²) in [5.41, 5.74) is 4.55. The number of rotatable bonds is 11. The Kier molecular flexibility index (Phi) is 8.24. The van der Waals surface area contributed by atoms with Gasteiger partial charge in [0.05, 0.1) is 0 Å². The minimum atomic E-state index is -1.10. The molecule has 0 heterocycles. The Morgan fingerprint density at radius 1 is 1.12 bits per heavy atom. The van der Waals surface area contributed by atoms with Gasteiger partial charge in [-0.05, 0) is 28.7 Å². The summed E-state index contributed by atoms with van der Waals surface area (Å²) in [6.45, 7) is 5.44. The molecular weight excluding hydrogens is 420 g/mol. The molecule has 2 aromatic carbocycles. The zero-order valence-electron chi connectivity index (χ0n) is 18.8. The topological polar surface area (TPSA) is 95.9 Å². The molecule has 0 unspecified atom stereocenters. The number of carbonyl (C=O) groups is 3. The minimum absolute atomic E-state index is 0.000838. The van der Waals surface area contributed by atoms with Crippen molar-refractivity contribution in [2.24, 2.45) is 0 Å². The van der Waals surface area contributed by atoms with Gasteiger partial charge in [0.15, 0.2) is 0 Å². The van der Waals surface area contributed by atoms with Gasteiger partial charge in [-0.15, -0.1) is 6.58 Å². The smallest absolute Gasteiger partial charge is 0.407 e. The molecule has 2 aromatic rings. The van der Waals surface area contributed by atoms with Gasteiger partial charge < -0.3 is 20.1 Å². The number of hydrogen-bond acceptors (Lipinski definition) is 4. The van der Waals surface area contributed by atoms with Crippen molar-refractivity contribution in [3.8, 4) is 11.1 Å². The second-order valence-corrected chi connectivity index (χ2v) is 8.12. The van der Waals surface area contributed by atoms with Gasteiger partial charge in [0, 0.05) is 24.9 Å². The minimum Gasteiger partial charge on any atom is -0.480 e. The van der Waals surface area contributed by atoms with Gasteiger partial charge in [-0.3, -0.25) is 9.59 Å². The van der Waals surface area contributed by atoms with E-state index in [4.69, 9.17) is 9.84 Å². The zero-order valence-corrected chi connectivity index (χ0v) is 18.8. The van der Waals surface area contributed by atoms with Gasteiger partial charge in [-0.25, -0.2) is 4.79 Å². The Bertz CT molecular complexity index is 974. The average molecular weight is 451 g/mol. The molecule has 174 valence electrons. The maximum atomic E-state index is 12.6. The molecule has 1 aliphatic rings. The standard InChI is InChI=1S/C26H30N2O5/c1-3-9-18(15-24(29)28(14-4-2)16-25(30)31)27-26(32)33-17-23-21-12-7-5-10-19(21)20-11-6-8-13-22(20)23/h4-8,10-13,18,23H,2-3,9,14-17H2,1H3,(H,27,32)(H,30,31)/t18-/m0/s1. The van der Waals surface area contributed by atoms with E-state index in [1.54, 1.807) is 0 Å². The summed E-state index contributed by atoms with van der Waals surface area (Å²) in [4.78, 5) is 37.4. The van der Waals surface area contributed by atoms with E-state index in [2.05, 4.69) is 36.2 Å². The van der Waals surface area contributed by atoms with E-state index in [1.807, 2.05) is 31.2 Å². The summed E-state index contributed by atoms with van der Waals surface area (Å²) in [7, 11) is 0. The molecule has 0 saturated heterocycles. The molecule has 1 aliphatic carbocycles. The molecule has 0 radical (unpaired) electrons. The highest BCUT2D eigenvalue weighted by Gasteiger charge is 2.29. The largest absolute Gasteiger partial charge is 0.480 e. The van der Waals surface area contributed by atoms with Gasteiger partial charge >= 0.3 is 12.1 Å². The van der Waals surface area contributed by atoms with Crippen molar-refractivity contribution in [2.75, 3.05) is 19.7 Å². The van der Waals surface area contributed by atoms with Crippen LogP contribution in [0.1, 0.15) is 43.2 Å². The number of benzene rings is 2. The molecule has 0 aromatic heterocycles. The molecule has 0 aliphatic heterocycles. The van der Waals surface area contributed by atoms with Gasteiger partial charge in [0.1, 0.15) is 13.2 Å². The normalized spacial score (nSPS) is 12.9. The molecular formula is C26H30N2O5. The molecule has 0 spiro atoms. The first kappa shape index (κ1) is 24.0. The van der Waals surface area contributed by atoms with Crippen LogP contribution in [0.25, 0.3) is 11.1 Å². The lowest BCUT2D eigenvalue weighted by molar-refractivity contribution is -0.144. The molecule has 0 fully saturated rings. The Morgan fingerprint density at radius 3 is 2.27 bits per heavy atom. The van der Waals surface area contributed by atoms with Crippen LogP contribution in [0.15, 0.2) is 61.2 Å². The second kappa shape index (κ2) is 11.3. The number of aliphatic carboxylic acids is 1. The fourth-order valence-corrected chi connectivity index (χ4v) is 4.29. The highest BCUT2D eigenvalue weighted by molar-refractivity contribution is 5.82. The first-order chi connectivity index (χ1) is 15.9. The van der Waals surface area contributed by atoms with E-state index >= 15 is 0 Å². The highest BCUT2D eigenvalue weighted by atomic mass is 16.5. The van der Waals surface area contributed by atoms with Crippen LogP contribution in [0.2, 0.25) is 0 Å². The Labute approximate surface area is 194 Å². The lowest BCUT2D eigenvalue weighted by Gasteiger charge is -2.23. The third-order valence-electron chi connectivity index (χ3n) is 5.75. The second-order valence-electron chi connectivity index (χ2n) is 8.12. The number of hydrogen-bond donors (Lipinski definition) is 2. The first-order valence-electron chi connectivity index (χ1n) is 11.2. The Balaban J connectivity index is 1.62. The fraction of sp³-hybridized carbons (Fsp3) is 0.346. The van der Waals surface area contributed by atoms with Crippen molar-refractivity contribution < 1.29 is 24.2 Å². The molecule has 3 rings (SSSR count). The lowest BCUT2D eigenvalue weighted by atomic mass is 9.98. The number of fused-ring (bicyclic) bond motifs is 3. The number of nitrogens with one attached hydrogen (secondary N) is 1. The molecule has 1 atom stereocenters. The van der Waals surface area contributed by atoms with Crippen LogP contribution in [0.4, 0.5) is 4.79 Å². The van der Waals surface area contributed by atoms with E-state index in [0.29, 0.717) is 6.42 Å². The zero-order chi connectivity index (χ0) is 23.8. The van der Waals surface area contributed by atoms with Crippen LogP contribution in [0, 0.1) is 0 Å². The van der Waals surface area contributed by atoms with E-state index in [-0.39, 0.29) is 31.4 Å². The predicted molar refractivity (Wildman–Crippen MR) is 126 cm³/mol. The molecule has 7 nitrogen and oxygen atoms in total. The van der Waals surface area contributed by atoms with Crippen molar-refractivity contribution in [1.29, 1.82) is 0 Å². The number of nitrogens with zero attached hydrogens (tertiary/aromatic N) is 1. The first-order valence-corrected chi connectivity index (χ1v) is 11.2. The van der Waals surface area contributed by atoms with E-state index in [0.717, 1.165) is 28.7 Å². The third kappa shape index (κ3) is 6.00. The number of ether oxygens (including phenoxy) is 1. The van der Waals surface area contributed by atoms with E-state index < -0.39 is 24.6 Å².